The summed E-state index contributed by atoms with van der Waals surface area (Å²) >= 11 is 0. The summed E-state index contributed by atoms with van der Waals surface area (Å²) in [7, 11) is 0. The number of hydrogen-bond acceptors (Lipinski definition) is 6. The Balaban J connectivity index is 0.922. The lowest BCUT2D eigenvalue weighted by Crippen LogP contribution is -2.52. The van der Waals surface area contributed by atoms with Crippen molar-refractivity contribution in [2.24, 2.45) is 10.7 Å². The third-order valence-electron chi connectivity index (χ3n) is 10.6. The average Bonchev–Trinajstić information content (AvgIpc) is 4.05. The number of aromatic nitrogens is 2. The number of hydrogen-bond donors (Lipinski definition) is 3. The summed E-state index contributed by atoms with van der Waals surface area (Å²) in [4.78, 5) is 49.2. The maximum absolute atomic E-state index is 15.4. The molecule has 0 bridgehead atoms. The smallest absolute Gasteiger partial charge is 0.341 e. The van der Waals surface area contributed by atoms with Gasteiger partial charge in [-0.3, -0.25) is 15.0 Å². The Labute approximate surface area is 291 Å². The number of nitrogens with two attached hydrogens (primary N) is 1. The van der Waals surface area contributed by atoms with Gasteiger partial charge in [0.05, 0.1) is 22.4 Å². The maximum Gasteiger partial charge on any atom is 0.341 e. The lowest BCUT2D eigenvalue weighted by molar-refractivity contribution is 0.0694. The van der Waals surface area contributed by atoms with Gasteiger partial charge in [-0.25, -0.2) is 13.6 Å². The summed E-state index contributed by atoms with van der Waals surface area (Å²) in [6, 6.07) is 6.32. The van der Waals surface area contributed by atoms with Crippen LogP contribution in [0.2, 0.25) is 0 Å². The Morgan fingerprint density at radius 3 is 1.73 bits per heavy atom. The molecule has 4 aromatic rings. The van der Waals surface area contributed by atoms with Gasteiger partial charge >= 0.3 is 5.97 Å². The van der Waals surface area contributed by atoms with Crippen molar-refractivity contribution in [2.45, 2.75) is 44.7 Å². The topological polar surface area (TPSA) is 156 Å². The Morgan fingerprint density at radius 1 is 0.765 bits per heavy atom. The molecule has 2 aromatic carbocycles. The van der Waals surface area contributed by atoms with Gasteiger partial charge in [-0.05, 0) is 56.9 Å². The quantitative estimate of drug-likeness (QED) is 0.210. The zero-order valence-corrected chi connectivity index (χ0v) is 28.2. The van der Waals surface area contributed by atoms with E-state index in [-0.39, 0.29) is 34.3 Å². The molecule has 2 aliphatic carbocycles. The number of halogens is 2. The highest BCUT2D eigenvalue weighted by Gasteiger charge is 2.30. The summed E-state index contributed by atoms with van der Waals surface area (Å²) in [6.45, 7) is 5.23. The predicted octanol–water partition coefficient (Wildman–Crippen LogP) is 3.46. The fourth-order valence-corrected chi connectivity index (χ4v) is 7.39. The molecule has 2 saturated carbocycles. The standard InChI is InChI=1S/C36H39F2N9O4/c1-20-18-46(21-2-3-21)28-16-30(26(37)14-23(28)32(20)48)42-6-10-44(11-7-42)35(39)41-36(40)45-12-8-43(9-13-45)31-17-29-24(15-27(31)38)33(49)25(34(50)51)19-47(29)22-4-5-22/h14-19,21-22H,2-13H2,1H3,(H,50,51)(H3,39,40,41). The first-order valence-corrected chi connectivity index (χ1v) is 17.4. The summed E-state index contributed by atoms with van der Waals surface area (Å²) in [5, 5.41) is 18.6. The number of rotatable bonds is 5. The molecule has 8 rings (SSSR count). The Kier molecular flexibility index (Phi) is 7.95. The van der Waals surface area contributed by atoms with Gasteiger partial charge in [-0.15, -0.1) is 0 Å². The second-order valence-electron chi connectivity index (χ2n) is 14.0. The third kappa shape index (κ3) is 5.93. The lowest BCUT2D eigenvalue weighted by Gasteiger charge is -2.38. The molecule has 4 heterocycles. The minimum absolute atomic E-state index is 0.00810. The number of aryl methyl sites for hydroxylation is 1. The Bertz CT molecular complexity index is 2260. The van der Waals surface area contributed by atoms with E-state index in [0.717, 1.165) is 37.3 Å². The molecule has 0 unspecified atom stereocenters. The first-order valence-electron chi connectivity index (χ1n) is 17.4. The monoisotopic (exact) mass is 699 g/mol. The number of pyridine rings is 2. The third-order valence-corrected chi connectivity index (χ3v) is 10.6. The SMILES string of the molecule is Cc1cn(C2CC2)c2cc(N3CCN(C(N)=NC(=N)N4CCN(c5cc6c(cc5F)c(=O)c(C(=O)O)cn6C5CC5)CC4)CC3)c(F)cc2c1=O. The van der Waals surface area contributed by atoms with Crippen molar-refractivity contribution in [2.75, 3.05) is 62.2 Å². The van der Waals surface area contributed by atoms with Gasteiger partial charge in [0.1, 0.15) is 17.2 Å². The molecular formula is C36H39F2N9O4. The zero-order chi connectivity index (χ0) is 35.7. The van der Waals surface area contributed by atoms with Crippen LogP contribution in [0.5, 0.6) is 0 Å². The van der Waals surface area contributed by atoms with E-state index in [9.17, 15) is 19.5 Å². The number of nitrogens with one attached hydrogen (secondary N) is 1. The summed E-state index contributed by atoms with van der Waals surface area (Å²) in [5.74, 6) is -2.19. The minimum atomic E-state index is -1.33. The molecule has 0 spiro atoms. The van der Waals surface area contributed by atoms with Crippen LogP contribution in [0, 0.1) is 24.0 Å². The van der Waals surface area contributed by atoms with Crippen molar-refractivity contribution in [3.8, 4) is 0 Å². The van der Waals surface area contributed by atoms with Crippen molar-refractivity contribution in [1.29, 1.82) is 5.41 Å². The summed E-state index contributed by atoms with van der Waals surface area (Å²) < 4.78 is 34.7. The molecule has 51 heavy (non-hydrogen) atoms. The fraction of sp³-hybridized carbons (Fsp3) is 0.417. The molecule has 0 atom stereocenters. The van der Waals surface area contributed by atoms with Crippen LogP contribution in [0.4, 0.5) is 20.2 Å². The molecule has 2 saturated heterocycles. The van der Waals surface area contributed by atoms with E-state index in [4.69, 9.17) is 11.1 Å². The van der Waals surface area contributed by atoms with E-state index < -0.39 is 23.0 Å². The van der Waals surface area contributed by atoms with Gasteiger partial charge in [0.15, 0.2) is 11.4 Å². The van der Waals surface area contributed by atoms with Crippen molar-refractivity contribution in [3.63, 3.8) is 0 Å². The molecule has 4 aliphatic rings. The van der Waals surface area contributed by atoms with Crippen LogP contribution in [0.25, 0.3) is 21.8 Å². The Hall–Kier alpha value is -5.47. The molecule has 266 valence electrons. The minimum Gasteiger partial charge on any atom is -0.477 e. The molecule has 15 heteroatoms. The number of aliphatic imine (C=N–C) groups is 1. The van der Waals surface area contributed by atoms with Gasteiger partial charge in [-0.1, -0.05) is 0 Å². The summed E-state index contributed by atoms with van der Waals surface area (Å²) in [5.41, 5.74) is 7.78. The number of carbonyl (C=O) groups is 1. The van der Waals surface area contributed by atoms with Crippen LogP contribution in [-0.2, 0) is 0 Å². The first kappa shape index (κ1) is 32.7. The van der Waals surface area contributed by atoms with E-state index in [1.54, 1.807) is 28.5 Å². The molecule has 0 radical (unpaired) electrons. The molecule has 4 N–H and O–H groups in total. The highest BCUT2D eigenvalue weighted by Crippen LogP contribution is 2.39. The van der Waals surface area contributed by atoms with Crippen molar-refractivity contribution < 1.29 is 18.7 Å². The number of fused-ring (bicyclic) bond motifs is 2. The fourth-order valence-electron chi connectivity index (χ4n) is 7.39. The molecule has 4 fully saturated rings. The van der Waals surface area contributed by atoms with E-state index in [0.29, 0.717) is 86.2 Å². The number of benzene rings is 2. The molecule has 0 amide bonds. The van der Waals surface area contributed by atoms with Gasteiger partial charge in [0.25, 0.3) is 0 Å². The highest BCUT2D eigenvalue weighted by molar-refractivity contribution is 5.94. The number of carboxylic acid groups (broad SMARTS) is 1. The average molecular weight is 700 g/mol. The van der Waals surface area contributed by atoms with Gasteiger partial charge in [0.2, 0.25) is 11.4 Å². The largest absolute Gasteiger partial charge is 0.477 e. The van der Waals surface area contributed by atoms with Crippen molar-refractivity contribution in [1.82, 2.24) is 18.9 Å². The molecule has 2 aromatic heterocycles. The maximum atomic E-state index is 15.4. The van der Waals surface area contributed by atoms with Crippen LogP contribution in [0.1, 0.15) is 53.7 Å². The van der Waals surface area contributed by atoms with E-state index in [2.05, 4.69) is 9.56 Å². The van der Waals surface area contributed by atoms with Crippen LogP contribution in [0.3, 0.4) is 0 Å². The first-order chi connectivity index (χ1) is 24.5. The van der Waals surface area contributed by atoms with Crippen LogP contribution < -0.4 is 26.4 Å². The predicted molar refractivity (Wildman–Crippen MR) is 191 cm³/mol. The summed E-state index contributed by atoms with van der Waals surface area (Å²) in [6.07, 6.45) is 7.04. The van der Waals surface area contributed by atoms with Crippen LogP contribution in [-0.4, -0.2) is 94.3 Å². The number of anilines is 2. The number of guanidine groups is 2. The van der Waals surface area contributed by atoms with Gasteiger partial charge in [0, 0.05) is 93.2 Å². The Morgan fingerprint density at radius 2 is 1.24 bits per heavy atom. The number of carboxylic acids is 1. The van der Waals surface area contributed by atoms with Crippen molar-refractivity contribution >= 4 is 51.1 Å². The van der Waals surface area contributed by atoms with E-state index in [1.807, 2.05) is 20.9 Å². The van der Waals surface area contributed by atoms with Crippen LogP contribution in [0.15, 0.2) is 51.2 Å². The van der Waals surface area contributed by atoms with Crippen molar-refractivity contribution in [3.05, 3.63) is 79.9 Å². The number of aromatic carboxylic acids is 1. The van der Waals surface area contributed by atoms with Gasteiger partial charge in [-0.2, -0.15) is 4.99 Å². The second kappa shape index (κ2) is 12.4. The van der Waals surface area contributed by atoms with Crippen LogP contribution >= 0.6 is 0 Å². The van der Waals surface area contributed by atoms with Gasteiger partial charge < -0.3 is 39.6 Å². The normalized spacial score (nSPS) is 18.6. The molecule has 13 nitrogen and oxygen atoms in total. The van der Waals surface area contributed by atoms with E-state index >= 15 is 8.78 Å². The second-order valence-corrected chi connectivity index (χ2v) is 14.0. The van der Waals surface area contributed by atoms with E-state index in [1.165, 1.54) is 12.3 Å². The number of nitrogens with zero attached hydrogens (tertiary/aromatic N) is 7. The molecular weight excluding hydrogens is 660 g/mol. The number of piperazine rings is 2. The lowest BCUT2D eigenvalue weighted by atomic mass is 10.1. The zero-order valence-electron chi connectivity index (χ0n) is 28.2. The molecule has 2 aliphatic heterocycles. The highest BCUT2D eigenvalue weighted by atomic mass is 19.1.